The number of methoxy groups -OCH3 is 1. The minimum absolute atomic E-state index is 0.0802. The van der Waals surface area contributed by atoms with Crippen LogP contribution in [-0.4, -0.2) is 36.3 Å². The molecule has 0 bridgehead atoms. The van der Waals surface area contributed by atoms with Crippen LogP contribution in [0.4, 0.5) is 0 Å². The van der Waals surface area contributed by atoms with Crippen molar-refractivity contribution in [2.45, 2.75) is 51.5 Å². The molecule has 1 heterocycles. The van der Waals surface area contributed by atoms with Crippen molar-refractivity contribution in [3.05, 3.63) is 29.8 Å². The third-order valence-corrected chi connectivity index (χ3v) is 4.42. The molecule has 25 heavy (non-hydrogen) atoms. The summed E-state index contributed by atoms with van der Waals surface area (Å²) < 4.78 is 5.17. The molecule has 1 atom stereocenters. The molecular weight excluding hydrogens is 320 g/mol. The van der Waals surface area contributed by atoms with E-state index in [1.54, 1.807) is 7.11 Å². The Labute approximate surface area is 148 Å². The van der Waals surface area contributed by atoms with Gasteiger partial charge in [-0.15, -0.1) is 0 Å². The summed E-state index contributed by atoms with van der Waals surface area (Å²) in [6.45, 7) is 2.27. The van der Waals surface area contributed by atoms with Crippen LogP contribution in [0.25, 0.3) is 0 Å². The highest BCUT2D eigenvalue weighted by Gasteiger charge is 2.29. The van der Waals surface area contributed by atoms with Gasteiger partial charge in [0.25, 0.3) is 0 Å². The molecular formula is C19H26N2O4. The Morgan fingerprint density at radius 1 is 1.20 bits per heavy atom. The molecule has 0 saturated carbocycles. The van der Waals surface area contributed by atoms with Crippen molar-refractivity contribution in [3.8, 4) is 5.75 Å². The Morgan fingerprint density at radius 3 is 2.40 bits per heavy atom. The van der Waals surface area contributed by atoms with Crippen molar-refractivity contribution in [2.24, 2.45) is 0 Å². The van der Waals surface area contributed by atoms with E-state index in [0.29, 0.717) is 0 Å². The lowest BCUT2D eigenvalue weighted by Crippen LogP contribution is -2.35. The van der Waals surface area contributed by atoms with Crippen LogP contribution in [0.1, 0.15) is 57.1 Å². The van der Waals surface area contributed by atoms with Gasteiger partial charge in [0.15, 0.2) is 0 Å². The number of benzene rings is 1. The van der Waals surface area contributed by atoms with Crippen LogP contribution in [0.5, 0.6) is 5.75 Å². The van der Waals surface area contributed by atoms with Crippen LogP contribution < -0.4 is 10.1 Å². The minimum Gasteiger partial charge on any atom is -0.497 e. The fourth-order valence-electron chi connectivity index (χ4n) is 2.92. The van der Waals surface area contributed by atoms with Crippen LogP contribution in [0.2, 0.25) is 0 Å². The number of carbonyl (C=O) groups is 3. The Balaban J connectivity index is 1.94. The van der Waals surface area contributed by atoms with Gasteiger partial charge in [0.05, 0.1) is 13.2 Å². The molecule has 6 nitrogen and oxygen atoms in total. The van der Waals surface area contributed by atoms with Gasteiger partial charge in [-0.25, -0.2) is 0 Å². The van der Waals surface area contributed by atoms with Crippen molar-refractivity contribution in [2.75, 3.05) is 13.7 Å². The van der Waals surface area contributed by atoms with Gasteiger partial charge in [-0.3, -0.25) is 19.3 Å². The fraction of sp³-hybridized carbons (Fsp3) is 0.526. The molecule has 1 aliphatic rings. The standard InChI is InChI=1S/C19H26N2O4/c1-3-4-5-16(14-6-8-15(25-2)9-7-14)20-17(22)12-13-21-18(23)10-11-19(21)24/h6-9,16H,3-5,10-13H2,1-2H3,(H,20,22)/t16-/m0/s1. The maximum Gasteiger partial charge on any atom is 0.229 e. The third kappa shape index (κ3) is 5.31. The Hall–Kier alpha value is -2.37. The summed E-state index contributed by atoms with van der Waals surface area (Å²) in [6.07, 6.45) is 3.53. The first-order valence-electron chi connectivity index (χ1n) is 8.81. The predicted molar refractivity (Wildman–Crippen MR) is 94.0 cm³/mol. The zero-order valence-corrected chi connectivity index (χ0v) is 14.9. The number of rotatable bonds is 9. The SMILES string of the molecule is CCCC[C@H](NC(=O)CCN1C(=O)CCC1=O)c1ccc(OC)cc1. The van der Waals surface area contributed by atoms with E-state index in [-0.39, 0.29) is 49.6 Å². The third-order valence-electron chi connectivity index (χ3n) is 4.42. The number of nitrogens with zero attached hydrogens (tertiary/aromatic N) is 1. The number of amides is 3. The van der Waals surface area contributed by atoms with Crippen molar-refractivity contribution in [1.29, 1.82) is 0 Å². The quantitative estimate of drug-likeness (QED) is 0.697. The lowest BCUT2D eigenvalue weighted by Gasteiger charge is -2.20. The summed E-state index contributed by atoms with van der Waals surface area (Å²) in [4.78, 5) is 36.7. The van der Waals surface area contributed by atoms with Crippen LogP contribution in [0.15, 0.2) is 24.3 Å². The molecule has 0 unspecified atom stereocenters. The molecule has 1 aromatic rings. The van der Waals surface area contributed by atoms with E-state index < -0.39 is 0 Å². The Bertz CT molecular complexity index is 596. The Kier molecular flexibility index (Phi) is 6.98. The first-order chi connectivity index (χ1) is 12.0. The van der Waals surface area contributed by atoms with Gasteiger partial charge in [-0.05, 0) is 24.1 Å². The van der Waals surface area contributed by atoms with E-state index in [1.807, 2.05) is 24.3 Å². The second-order valence-electron chi connectivity index (χ2n) is 6.22. The maximum atomic E-state index is 12.3. The summed E-state index contributed by atoms with van der Waals surface area (Å²) in [5.41, 5.74) is 1.02. The second-order valence-corrected chi connectivity index (χ2v) is 6.22. The number of ether oxygens (including phenoxy) is 1. The first kappa shape index (κ1) is 19.0. The number of hydrogen-bond acceptors (Lipinski definition) is 4. The topological polar surface area (TPSA) is 75.7 Å². The maximum absolute atomic E-state index is 12.3. The number of nitrogens with one attached hydrogen (secondary N) is 1. The molecule has 1 saturated heterocycles. The predicted octanol–water partition coefficient (Wildman–Crippen LogP) is 2.58. The number of hydrogen-bond donors (Lipinski definition) is 1. The lowest BCUT2D eigenvalue weighted by molar-refractivity contribution is -0.138. The minimum atomic E-state index is -0.185. The van der Waals surface area contributed by atoms with Gasteiger partial charge >= 0.3 is 0 Å². The van der Waals surface area contributed by atoms with E-state index >= 15 is 0 Å². The fourth-order valence-corrected chi connectivity index (χ4v) is 2.92. The van der Waals surface area contributed by atoms with E-state index in [9.17, 15) is 14.4 Å². The Morgan fingerprint density at radius 2 is 1.84 bits per heavy atom. The van der Waals surface area contributed by atoms with Crippen molar-refractivity contribution in [3.63, 3.8) is 0 Å². The van der Waals surface area contributed by atoms with Crippen LogP contribution in [0.3, 0.4) is 0 Å². The van der Waals surface area contributed by atoms with Gasteiger partial charge < -0.3 is 10.1 Å². The van der Waals surface area contributed by atoms with Gasteiger partial charge in [-0.1, -0.05) is 31.9 Å². The molecule has 1 aromatic carbocycles. The summed E-state index contributed by atoms with van der Waals surface area (Å²) in [7, 11) is 1.62. The molecule has 6 heteroatoms. The number of unbranched alkanes of at least 4 members (excludes halogenated alkanes) is 1. The highest BCUT2D eigenvalue weighted by atomic mass is 16.5. The van der Waals surface area contributed by atoms with Crippen LogP contribution in [-0.2, 0) is 14.4 Å². The average Bonchev–Trinajstić information content (AvgIpc) is 2.95. The van der Waals surface area contributed by atoms with Gasteiger partial charge in [0.2, 0.25) is 17.7 Å². The monoisotopic (exact) mass is 346 g/mol. The molecule has 1 N–H and O–H groups in total. The highest BCUT2D eigenvalue weighted by molar-refractivity contribution is 6.02. The molecule has 0 aromatic heterocycles. The van der Waals surface area contributed by atoms with Gasteiger partial charge in [0.1, 0.15) is 5.75 Å². The number of likely N-dealkylation sites (tertiary alicyclic amines) is 1. The van der Waals surface area contributed by atoms with Crippen molar-refractivity contribution < 1.29 is 19.1 Å². The zero-order valence-electron chi connectivity index (χ0n) is 14.9. The summed E-state index contributed by atoms with van der Waals surface area (Å²) in [5, 5.41) is 3.03. The molecule has 136 valence electrons. The summed E-state index contributed by atoms with van der Waals surface area (Å²) in [5.74, 6) is 0.255. The van der Waals surface area contributed by atoms with Crippen LogP contribution >= 0.6 is 0 Å². The lowest BCUT2D eigenvalue weighted by atomic mass is 10.0. The van der Waals surface area contributed by atoms with Crippen LogP contribution in [0, 0.1) is 0 Å². The van der Waals surface area contributed by atoms with E-state index in [4.69, 9.17) is 4.74 Å². The van der Waals surface area contributed by atoms with E-state index in [2.05, 4.69) is 12.2 Å². The number of imide groups is 1. The molecule has 0 radical (unpaired) electrons. The largest absolute Gasteiger partial charge is 0.497 e. The van der Waals surface area contributed by atoms with E-state index in [0.717, 1.165) is 30.6 Å². The number of carbonyl (C=O) groups excluding carboxylic acids is 3. The first-order valence-corrected chi connectivity index (χ1v) is 8.81. The summed E-state index contributed by atoms with van der Waals surface area (Å²) >= 11 is 0. The normalized spacial score (nSPS) is 15.4. The van der Waals surface area contributed by atoms with E-state index in [1.165, 1.54) is 4.90 Å². The summed E-state index contributed by atoms with van der Waals surface area (Å²) in [6, 6.07) is 7.58. The average molecular weight is 346 g/mol. The molecule has 0 spiro atoms. The zero-order chi connectivity index (χ0) is 18.2. The highest BCUT2D eigenvalue weighted by Crippen LogP contribution is 2.22. The van der Waals surface area contributed by atoms with Crippen molar-refractivity contribution >= 4 is 17.7 Å². The van der Waals surface area contributed by atoms with Gasteiger partial charge in [-0.2, -0.15) is 0 Å². The second kappa shape index (κ2) is 9.20. The van der Waals surface area contributed by atoms with Gasteiger partial charge in [0, 0.05) is 25.8 Å². The molecule has 2 rings (SSSR count). The van der Waals surface area contributed by atoms with Crippen molar-refractivity contribution in [1.82, 2.24) is 10.2 Å². The smallest absolute Gasteiger partial charge is 0.229 e. The molecule has 1 aliphatic heterocycles. The molecule has 3 amide bonds. The molecule has 0 aliphatic carbocycles. The molecule has 1 fully saturated rings.